The van der Waals surface area contributed by atoms with Crippen molar-refractivity contribution >= 4 is 29.9 Å². The molecule has 2 aliphatic heterocycles. The van der Waals surface area contributed by atoms with Crippen LogP contribution in [0.4, 0.5) is 5.69 Å². The van der Waals surface area contributed by atoms with Gasteiger partial charge in [-0.05, 0) is 44.0 Å². The Labute approximate surface area is 166 Å². The number of benzene rings is 1. The van der Waals surface area contributed by atoms with E-state index in [9.17, 15) is 9.59 Å². The summed E-state index contributed by atoms with van der Waals surface area (Å²) in [5, 5.41) is 6.37. The first-order valence-corrected chi connectivity index (χ1v) is 9.13. The van der Waals surface area contributed by atoms with Crippen LogP contribution in [0, 0.1) is 11.8 Å². The molecule has 27 heavy (non-hydrogen) atoms. The van der Waals surface area contributed by atoms with Gasteiger partial charge in [0.1, 0.15) is 11.5 Å². The summed E-state index contributed by atoms with van der Waals surface area (Å²) in [6, 6.07) is 5.32. The number of methoxy groups -OCH3 is 2. The number of halogens is 1. The lowest BCUT2D eigenvalue weighted by atomic mass is 9.99. The molecule has 1 aromatic rings. The highest BCUT2D eigenvalue weighted by Crippen LogP contribution is 2.35. The van der Waals surface area contributed by atoms with Crippen molar-refractivity contribution < 1.29 is 19.1 Å². The molecule has 1 aromatic carbocycles. The number of anilines is 1. The third-order valence-corrected chi connectivity index (χ3v) is 5.14. The van der Waals surface area contributed by atoms with Gasteiger partial charge in [-0.1, -0.05) is 0 Å². The number of amides is 2. The molecule has 3 rings (SSSR count). The van der Waals surface area contributed by atoms with Crippen LogP contribution in [0.1, 0.15) is 19.3 Å². The van der Waals surface area contributed by atoms with Crippen LogP contribution < -0.4 is 25.0 Å². The van der Waals surface area contributed by atoms with Crippen molar-refractivity contribution in [2.75, 3.05) is 45.3 Å². The standard InChI is InChI=1S/C19H27N3O4.ClH/c1-25-15-5-6-16(17(9-15)26-2)22-12-14(8-18(22)23)19(24)21-11-13-4-3-7-20-10-13;/h5-6,9,13-14,20H,3-4,7-8,10-12H2,1-2H3,(H,21,24);1H. The van der Waals surface area contributed by atoms with Gasteiger partial charge in [0.15, 0.2) is 0 Å². The third kappa shape index (κ3) is 5.05. The predicted octanol–water partition coefficient (Wildman–Crippen LogP) is 1.59. The van der Waals surface area contributed by atoms with E-state index in [1.54, 1.807) is 37.3 Å². The largest absolute Gasteiger partial charge is 0.497 e. The monoisotopic (exact) mass is 397 g/mol. The number of rotatable bonds is 6. The summed E-state index contributed by atoms with van der Waals surface area (Å²) >= 11 is 0. The molecule has 0 aliphatic carbocycles. The van der Waals surface area contributed by atoms with E-state index in [0.29, 0.717) is 36.2 Å². The van der Waals surface area contributed by atoms with Gasteiger partial charge in [0, 0.05) is 25.6 Å². The van der Waals surface area contributed by atoms with E-state index in [1.165, 1.54) is 0 Å². The maximum atomic E-state index is 12.5. The summed E-state index contributed by atoms with van der Waals surface area (Å²) < 4.78 is 10.6. The number of hydrogen-bond donors (Lipinski definition) is 2. The van der Waals surface area contributed by atoms with Gasteiger partial charge in [-0.2, -0.15) is 0 Å². The average molecular weight is 398 g/mol. The molecular formula is C19H28ClN3O4. The zero-order valence-corrected chi connectivity index (χ0v) is 16.6. The smallest absolute Gasteiger partial charge is 0.227 e. The minimum Gasteiger partial charge on any atom is -0.497 e. The minimum atomic E-state index is -0.328. The summed E-state index contributed by atoms with van der Waals surface area (Å²) in [6.45, 7) is 3.04. The van der Waals surface area contributed by atoms with E-state index in [2.05, 4.69) is 10.6 Å². The first-order valence-electron chi connectivity index (χ1n) is 9.13. The molecule has 0 aromatic heterocycles. The van der Waals surface area contributed by atoms with Crippen LogP contribution in [0.15, 0.2) is 18.2 Å². The molecule has 7 nitrogen and oxygen atoms in total. The zero-order chi connectivity index (χ0) is 18.5. The third-order valence-electron chi connectivity index (χ3n) is 5.14. The highest BCUT2D eigenvalue weighted by Gasteiger charge is 2.36. The van der Waals surface area contributed by atoms with Crippen molar-refractivity contribution in [1.29, 1.82) is 0 Å². The Hall–Kier alpha value is -1.99. The van der Waals surface area contributed by atoms with Crippen LogP contribution in [0.25, 0.3) is 0 Å². The van der Waals surface area contributed by atoms with E-state index in [-0.39, 0.29) is 36.6 Å². The molecule has 2 heterocycles. The molecule has 2 saturated heterocycles. The van der Waals surface area contributed by atoms with Crippen molar-refractivity contribution in [2.45, 2.75) is 19.3 Å². The van der Waals surface area contributed by atoms with Crippen molar-refractivity contribution in [2.24, 2.45) is 11.8 Å². The Morgan fingerprint density at radius 2 is 2.15 bits per heavy atom. The molecule has 2 N–H and O–H groups in total. The average Bonchev–Trinajstić information content (AvgIpc) is 3.08. The Bertz CT molecular complexity index is 664. The quantitative estimate of drug-likeness (QED) is 0.762. The minimum absolute atomic E-state index is 0. The fourth-order valence-corrected chi connectivity index (χ4v) is 3.61. The Morgan fingerprint density at radius 3 is 2.81 bits per heavy atom. The van der Waals surface area contributed by atoms with Gasteiger partial charge in [0.2, 0.25) is 11.8 Å². The predicted molar refractivity (Wildman–Crippen MR) is 106 cm³/mol. The second kappa shape index (κ2) is 9.80. The second-order valence-electron chi connectivity index (χ2n) is 6.90. The number of carbonyl (C=O) groups excluding carboxylic acids is 2. The van der Waals surface area contributed by atoms with E-state index in [4.69, 9.17) is 9.47 Å². The summed E-state index contributed by atoms with van der Waals surface area (Å²) in [7, 11) is 3.14. The lowest BCUT2D eigenvalue weighted by Crippen LogP contribution is -2.40. The number of hydrogen-bond acceptors (Lipinski definition) is 5. The SMILES string of the molecule is COc1ccc(N2CC(C(=O)NCC3CCCNC3)CC2=O)c(OC)c1.Cl. The van der Waals surface area contributed by atoms with Crippen molar-refractivity contribution in [3.63, 3.8) is 0 Å². The molecule has 2 atom stereocenters. The lowest BCUT2D eigenvalue weighted by molar-refractivity contribution is -0.126. The Kier molecular flexibility index (Phi) is 7.74. The van der Waals surface area contributed by atoms with Gasteiger partial charge in [-0.3, -0.25) is 9.59 Å². The molecule has 8 heteroatoms. The highest BCUT2D eigenvalue weighted by molar-refractivity contribution is 6.01. The summed E-state index contributed by atoms with van der Waals surface area (Å²) in [5.41, 5.74) is 0.671. The lowest BCUT2D eigenvalue weighted by Gasteiger charge is -2.23. The maximum absolute atomic E-state index is 12.5. The number of nitrogens with zero attached hydrogens (tertiary/aromatic N) is 1. The van der Waals surface area contributed by atoms with Gasteiger partial charge < -0.3 is 25.0 Å². The zero-order valence-electron chi connectivity index (χ0n) is 15.8. The number of nitrogens with one attached hydrogen (secondary N) is 2. The Morgan fingerprint density at radius 1 is 1.33 bits per heavy atom. The normalized spacial score (nSPS) is 22.1. The van der Waals surface area contributed by atoms with Crippen molar-refractivity contribution in [1.82, 2.24) is 10.6 Å². The van der Waals surface area contributed by atoms with E-state index < -0.39 is 0 Å². The fourth-order valence-electron chi connectivity index (χ4n) is 3.61. The van der Waals surface area contributed by atoms with Crippen molar-refractivity contribution in [3.8, 4) is 11.5 Å². The molecule has 2 unspecified atom stereocenters. The molecular weight excluding hydrogens is 370 g/mol. The summed E-state index contributed by atoms with van der Waals surface area (Å²) in [6.07, 6.45) is 2.50. The molecule has 0 radical (unpaired) electrons. The molecule has 2 fully saturated rings. The summed E-state index contributed by atoms with van der Waals surface area (Å²) in [5.74, 6) is 1.26. The molecule has 0 bridgehead atoms. The molecule has 150 valence electrons. The molecule has 0 saturated carbocycles. The van der Waals surface area contributed by atoms with Gasteiger partial charge in [-0.25, -0.2) is 0 Å². The van der Waals surface area contributed by atoms with Crippen LogP contribution in [0.3, 0.4) is 0 Å². The van der Waals surface area contributed by atoms with Crippen LogP contribution >= 0.6 is 12.4 Å². The van der Waals surface area contributed by atoms with Crippen LogP contribution in [0.5, 0.6) is 11.5 Å². The van der Waals surface area contributed by atoms with E-state index in [0.717, 1.165) is 25.9 Å². The van der Waals surface area contributed by atoms with Crippen LogP contribution in [0.2, 0.25) is 0 Å². The van der Waals surface area contributed by atoms with Gasteiger partial charge in [0.05, 0.1) is 25.8 Å². The fraction of sp³-hybridized carbons (Fsp3) is 0.579. The van der Waals surface area contributed by atoms with Gasteiger partial charge >= 0.3 is 0 Å². The first-order chi connectivity index (χ1) is 12.6. The number of piperidine rings is 1. The number of carbonyl (C=O) groups is 2. The maximum Gasteiger partial charge on any atom is 0.227 e. The van der Waals surface area contributed by atoms with Crippen molar-refractivity contribution in [3.05, 3.63) is 18.2 Å². The first kappa shape index (κ1) is 21.3. The van der Waals surface area contributed by atoms with Gasteiger partial charge in [-0.15, -0.1) is 12.4 Å². The van der Waals surface area contributed by atoms with Gasteiger partial charge in [0.25, 0.3) is 0 Å². The Balaban J connectivity index is 0.00000261. The number of ether oxygens (including phenoxy) is 2. The topological polar surface area (TPSA) is 79.9 Å². The highest BCUT2D eigenvalue weighted by atomic mass is 35.5. The van der Waals surface area contributed by atoms with E-state index in [1.807, 2.05) is 0 Å². The van der Waals surface area contributed by atoms with Crippen LogP contribution in [-0.4, -0.2) is 52.2 Å². The van der Waals surface area contributed by atoms with E-state index >= 15 is 0 Å². The summed E-state index contributed by atoms with van der Waals surface area (Å²) in [4.78, 5) is 26.6. The molecule has 2 aliphatic rings. The molecule has 2 amide bonds. The van der Waals surface area contributed by atoms with Crippen LogP contribution in [-0.2, 0) is 9.59 Å². The second-order valence-corrected chi connectivity index (χ2v) is 6.90. The molecule has 0 spiro atoms.